The standard InChI is InChI=1S/C14H22N2O4S.ClH/c1-10-4-5-15-9-14(10)16-21(17,18)13-7-11(19-2)6-12(8-13)20-3;/h6-8,10,14-16H,4-5,9H2,1-3H3;1H. The van der Waals surface area contributed by atoms with Gasteiger partial charge >= 0.3 is 0 Å². The molecule has 1 aliphatic heterocycles. The predicted octanol–water partition coefficient (Wildman–Crippen LogP) is 1.40. The highest BCUT2D eigenvalue weighted by molar-refractivity contribution is 7.89. The van der Waals surface area contributed by atoms with E-state index in [4.69, 9.17) is 9.47 Å². The van der Waals surface area contributed by atoms with Crippen LogP contribution in [-0.2, 0) is 10.0 Å². The van der Waals surface area contributed by atoms with Crippen molar-refractivity contribution in [1.82, 2.24) is 10.0 Å². The topological polar surface area (TPSA) is 76.7 Å². The normalized spacial score (nSPS) is 21.8. The Morgan fingerprint density at radius 3 is 2.27 bits per heavy atom. The van der Waals surface area contributed by atoms with E-state index in [2.05, 4.69) is 17.0 Å². The minimum Gasteiger partial charge on any atom is -0.497 e. The van der Waals surface area contributed by atoms with Crippen molar-refractivity contribution in [3.8, 4) is 11.5 Å². The Labute approximate surface area is 138 Å². The summed E-state index contributed by atoms with van der Waals surface area (Å²) in [4.78, 5) is 0.150. The molecule has 22 heavy (non-hydrogen) atoms. The van der Waals surface area contributed by atoms with E-state index in [0.29, 0.717) is 24.0 Å². The van der Waals surface area contributed by atoms with Gasteiger partial charge in [-0.25, -0.2) is 13.1 Å². The van der Waals surface area contributed by atoms with Gasteiger partial charge in [0.15, 0.2) is 0 Å². The van der Waals surface area contributed by atoms with Crippen LogP contribution < -0.4 is 19.5 Å². The Morgan fingerprint density at radius 2 is 1.77 bits per heavy atom. The monoisotopic (exact) mass is 350 g/mol. The van der Waals surface area contributed by atoms with Crippen LogP contribution in [-0.4, -0.2) is 41.8 Å². The number of benzene rings is 1. The van der Waals surface area contributed by atoms with Crippen LogP contribution in [0.5, 0.6) is 11.5 Å². The Balaban J connectivity index is 0.00000242. The molecule has 0 aliphatic carbocycles. The number of hydrogen-bond donors (Lipinski definition) is 2. The van der Waals surface area contributed by atoms with E-state index in [0.717, 1.165) is 13.0 Å². The molecule has 2 rings (SSSR count). The largest absolute Gasteiger partial charge is 0.497 e. The molecule has 8 heteroatoms. The summed E-state index contributed by atoms with van der Waals surface area (Å²) >= 11 is 0. The van der Waals surface area contributed by atoms with Gasteiger partial charge in [0.1, 0.15) is 11.5 Å². The van der Waals surface area contributed by atoms with Crippen molar-refractivity contribution < 1.29 is 17.9 Å². The van der Waals surface area contributed by atoms with Crippen LogP contribution >= 0.6 is 12.4 Å². The molecule has 0 bridgehead atoms. The molecule has 2 N–H and O–H groups in total. The van der Waals surface area contributed by atoms with Crippen LogP contribution in [0.1, 0.15) is 13.3 Å². The Morgan fingerprint density at radius 1 is 1.18 bits per heavy atom. The van der Waals surface area contributed by atoms with Crippen LogP contribution in [0, 0.1) is 5.92 Å². The molecule has 1 heterocycles. The fraction of sp³-hybridized carbons (Fsp3) is 0.571. The third-order valence-electron chi connectivity index (χ3n) is 3.77. The summed E-state index contributed by atoms with van der Waals surface area (Å²) in [6, 6.07) is 4.52. The average Bonchev–Trinajstić information content (AvgIpc) is 2.48. The van der Waals surface area contributed by atoms with Crippen LogP contribution in [0.2, 0.25) is 0 Å². The van der Waals surface area contributed by atoms with Gasteiger partial charge in [0.2, 0.25) is 10.0 Å². The third kappa shape index (κ3) is 4.49. The molecule has 1 aromatic rings. The fourth-order valence-corrected chi connectivity index (χ4v) is 3.74. The molecule has 2 unspecified atom stereocenters. The maximum absolute atomic E-state index is 12.5. The van der Waals surface area contributed by atoms with E-state index >= 15 is 0 Å². The second kappa shape index (κ2) is 8.01. The van der Waals surface area contributed by atoms with Gasteiger partial charge in [-0.3, -0.25) is 0 Å². The second-order valence-electron chi connectivity index (χ2n) is 5.25. The van der Waals surface area contributed by atoms with Gasteiger partial charge in [0.25, 0.3) is 0 Å². The van der Waals surface area contributed by atoms with Crippen molar-refractivity contribution in [2.45, 2.75) is 24.3 Å². The highest BCUT2D eigenvalue weighted by Crippen LogP contribution is 2.26. The van der Waals surface area contributed by atoms with Crippen LogP contribution in [0.3, 0.4) is 0 Å². The average molecular weight is 351 g/mol. The molecule has 1 aromatic carbocycles. The van der Waals surface area contributed by atoms with Crippen molar-refractivity contribution in [3.05, 3.63) is 18.2 Å². The molecule has 6 nitrogen and oxygen atoms in total. The molecule has 0 amide bonds. The molecular formula is C14H23ClN2O4S. The number of nitrogens with one attached hydrogen (secondary N) is 2. The number of methoxy groups -OCH3 is 2. The van der Waals surface area contributed by atoms with E-state index < -0.39 is 10.0 Å². The molecule has 0 aromatic heterocycles. The van der Waals surface area contributed by atoms with Crippen molar-refractivity contribution in [1.29, 1.82) is 0 Å². The summed E-state index contributed by atoms with van der Waals surface area (Å²) in [5.41, 5.74) is 0. The van der Waals surface area contributed by atoms with Gasteiger partial charge in [0, 0.05) is 30.8 Å². The van der Waals surface area contributed by atoms with E-state index in [9.17, 15) is 8.42 Å². The Bertz CT molecular complexity index is 572. The Hall–Kier alpha value is -1.02. The molecule has 1 fully saturated rings. The summed E-state index contributed by atoms with van der Waals surface area (Å²) in [5.74, 6) is 1.20. The fourth-order valence-electron chi connectivity index (χ4n) is 2.35. The van der Waals surface area contributed by atoms with Gasteiger partial charge in [-0.2, -0.15) is 0 Å². The third-order valence-corrected chi connectivity index (χ3v) is 5.24. The van der Waals surface area contributed by atoms with E-state index in [-0.39, 0.29) is 23.3 Å². The summed E-state index contributed by atoms with van der Waals surface area (Å²) in [6.07, 6.45) is 0.953. The van der Waals surface area contributed by atoms with Gasteiger partial charge in [-0.15, -0.1) is 12.4 Å². The summed E-state index contributed by atoms with van der Waals surface area (Å²) < 4.78 is 38.1. The number of sulfonamides is 1. The van der Waals surface area contributed by atoms with Crippen molar-refractivity contribution in [3.63, 3.8) is 0 Å². The smallest absolute Gasteiger partial charge is 0.241 e. The first-order valence-corrected chi connectivity index (χ1v) is 8.40. The summed E-state index contributed by atoms with van der Waals surface area (Å²) in [7, 11) is -0.624. The van der Waals surface area contributed by atoms with Gasteiger partial charge < -0.3 is 14.8 Å². The van der Waals surface area contributed by atoms with E-state index in [1.165, 1.54) is 26.4 Å². The summed E-state index contributed by atoms with van der Waals surface area (Å²) in [5, 5.41) is 3.21. The maximum Gasteiger partial charge on any atom is 0.241 e. The first-order valence-electron chi connectivity index (χ1n) is 6.92. The molecule has 0 saturated carbocycles. The van der Waals surface area contributed by atoms with E-state index in [1.54, 1.807) is 6.07 Å². The quantitative estimate of drug-likeness (QED) is 0.839. The first-order chi connectivity index (χ1) is 9.96. The molecule has 0 spiro atoms. The zero-order valence-electron chi connectivity index (χ0n) is 13.0. The van der Waals surface area contributed by atoms with Crippen LogP contribution in [0.15, 0.2) is 23.1 Å². The predicted molar refractivity (Wildman–Crippen MR) is 87.6 cm³/mol. The molecule has 126 valence electrons. The maximum atomic E-state index is 12.5. The number of ether oxygens (including phenoxy) is 2. The SMILES string of the molecule is COc1cc(OC)cc(S(=O)(=O)NC2CNCCC2C)c1.Cl. The highest BCUT2D eigenvalue weighted by Gasteiger charge is 2.27. The lowest BCUT2D eigenvalue weighted by Gasteiger charge is -2.30. The molecular weight excluding hydrogens is 328 g/mol. The first kappa shape index (κ1) is 19.0. The lowest BCUT2D eigenvalue weighted by Crippen LogP contribution is -2.50. The zero-order chi connectivity index (χ0) is 15.5. The minimum atomic E-state index is -3.61. The van der Waals surface area contributed by atoms with Gasteiger partial charge in [0.05, 0.1) is 19.1 Å². The van der Waals surface area contributed by atoms with Crippen LogP contribution in [0.4, 0.5) is 0 Å². The summed E-state index contributed by atoms with van der Waals surface area (Å²) in [6.45, 7) is 3.62. The van der Waals surface area contributed by atoms with Crippen LogP contribution in [0.25, 0.3) is 0 Å². The molecule has 2 atom stereocenters. The zero-order valence-corrected chi connectivity index (χ0v) is 14.6. The number of hydrogen-bond acceptors (Lipinski definition) is 5. The number of halogens is 1. The van der Waals surface area contributed by atoms with Gasteiger partial charge in [-0.1, -0.05) is 6.92 Å². The second-order valence-corrected chi connectivity index (χ2v) is 6.96. The van der Waals surface area contributed by atoms with E-state index in [1.807, 2.05) is 0 Å². The molecule has 1 saturated heterocycles. The van der Waals surface area contributed by atoms with Crippen molar-refractivity contribution in [2.75, 3.05) is 27.3 Å². The minimum absolute atomic E-state index is 0. The highest BCUT2D eigenvalue weighted by atomic mass is 35.5. The molecule has 1 aliphatic rings. The lowest BCUT2D eigenvalue weighted by molar-refractivity contribution is 0.327. The number of rotatable bonds is 5. The number of piperidine rings is 1. The molecule has 0 radical (unpaired) electrons. The lowest BCUT2D eigenvalue weighted by atomic mass is 9.96. The Kier molecular flexibility index (Phi) is 6.93. The van der Waals surface area contributed by atoms with Crippen molar-refractivity contribution in [2.24, 2.45) is 5.92 Å². The van der Waals surface area contributed by atoms with Gasteiger partial charge in [-0.05, 0) is 18.9 Å². The van der Waals surface area contributed by atoms with Crippen molar-refractivity contribution >= 4 is 22.4 Å².